The van der Waals surface area contributed by atoms with Crippen LogP contribution in [0.4, 0.5) is 4.39 Å². The van der Waals surface area contributed by atoms with Gasteiger partial charge in [-0.15, -0.1) is 0 Å². The summed E-state index contributed by atoms with van der Waals surface area (Å²) in [5.74, 6) is -0.269. The number of amides is 1. The molecule has 0 heterocycles. The summed E-state index contributed by atoms with van der Waals surface area (Å²) >= 11 is 5.92. The van der Waals surface area contributed by atoms with Crippen LogP contribution in [-0.2, 0) is 16.7 Å². The Kier molecular flexibility index (Phi) is 7.53. The molecule has 0 fully saturated rings. The summed E-state index contributed by atoms with van der Waals surface area (Å²) in [6.07, 6.45) is 0. The van der Waals surface area contributed by atoms with Gasteiger partial charge in [0.2, 0.25) is 0 Å². The van der Waals surface area contributed by atoms with Crippen molar-refractivity contribution in [2.75, 3.05) is 6.54 Å². The summed E-state index contributed by atoms with van der Waals surface area (Å²) in [6.45, 7) is 4.96. The van der Waals surface area contributed by atoms with E-state index in [4.69, 9.17) is 15.8 Å². The van der Waals surface area contributed by atoms with Crippen molar-refractivity contribution >= 4 is 27.6 Å². The summed E-state index contributed by atoms with van der Waals surface area (Å²) in [7, 11) is -4.08. The molecule has 8 heteroatoms. The molecule has 0 radical (unpaired) electrons. The lowest BCUT2D eigenvalue weighted by molar-refractivity contribution is 0.0722. The minimum atomic E-state index is -4.08. The minimum absolute atomic E-state index is 0.116. The number of halogens is 2. The molecule has 3 aromatic rings. The molecule has 1 amide bonds. The topological polar surface area (TPSA) is 63.7 Å². The molecule has 0 aliphatic rings. The van der Waals surface area contributed by atoms with E-state index in [0.29, 0.717) is 23.7 Å². The van der Waals surface area contributed by atoms with Crippen LogP contribution in [-0.4, -0.2) is 25.8 Å². The molecule has 168 valence electrons. The van der Waals surface area contributed by atoms with Crippen molar-refractivity contribution in [1.82, 2.24) is 4.90 Å². The highest BCUT2D eigenvalue weighted by atomic mass is 35.5. The van der Waals surface area contributed by atoms with E-state index in [0.717, 1.165) is 29.8 Å². The fourth-order valence-electron chi connectivity index (χ4n) is 3.08. The second-order valence-corrected chi connectivity index (χ2v) is 9.70. The number of benzene rings is 3. The zero-order valence-electron chi connectivity index (χ0n) is 17.7. The Morgan fingerprint density at radius 2 is 1.56 bits per heavy atom. The van der Waals surface area contributed by atoms with Gasteiger partial charge < -0.3 is 9.08 Å². The fraction of sp³-hybridized carbons (Fsp3) is 0.208. The normalized spacial score (nSPS) is 11.4. The van der Waals surface area contributed by atoms with Gasteiger partial charge in [0, 0.05) is 23.7 Å². The highest BCUT2D eigenvalue weighted by Crippen LogP contribution is 2.21. The first kappa shape index (κ1) is 23.8. The molecule has 0 aliphatic carbocycles. The maximum atomic E-state index is 13.0. The van der Waals surface area contributed by atoms with Crippen LogP contribution in [0.15, 0.2) is 77.7 Å². The first-order chi connectivity index (χ1) is 15.1. The number of nitrogens with zero attached hydrogens (tertiary/aromatic N) is 1. The van der Waals surface area contributed by atoms with Crippen molar-refractivity contribution in [3.63, 3.8) is 0 Å². The largest absolute Gasteiger partial charge is 0.379 e. The van der Waals surface area contributed by atoms with Crippen LogP contribution < -0.4 is 4.18 Å². The molecule has 0 aliphatic heterocycles. The van der Waals surface area contributed by atoms with Gasteiger partial charge in [0.25, 0.3) is 5.91 Å². The molecule has 5 nitrogen and oxygen atoms in total. The monoisotopic (exact) mass is 475 g/mol. The molecule has 0 saturated heterocycles. The van der Waals surface area contributed by atoms with Gasteiger partial charge in [0.1, 0.15) is 16.5 Å². The predicted octanol–water partition coefficient (Wildman–Crippen LogP) is 5.55. The van der Waals surface area contributed by atoms with Gasteiger partial charge in [-0.2, -0.15) is 8.42 Å². The van der Waals surface area contributed by atoms with E-state index in [1.54, 1.807) is 41.3 Å². The second-order valence-electron chi connectivity index (χ2n) is 7.72. The Morgan fingerprint density at radius 1 is 0.969 bits per heavy atom. The van der Waals surface area contributed by atoms with Gasteiger partial charge in [0.05, 0.1) is 0 Å². The van der Waals surface area contributed by atoms with E-state index >= 15 is 0 Å². The molecule has 0 N–H and O–H groups in total. The van der Waals surface area contributed by atoms with E-state index < -0.39 is 15.9 Å². The number of rotatable bonds is 8. The van der Waals surface area contributed by atoms with E-state index in [1.165, 1.54) is 12.1 Å². The van der Waals surface area contributed by atoms with Crippen molar-refractivity contribution < 1.29 is 21.8 Å². The molecule has 3 rings (SSSR count). The van der Waals surface area contributed by atoms with E-state index in [9.17, 15) is 17.6 Å². The highest BCUT2D eigenvalue weighted by Gasteiger charge is 2.19. The maximum Gasteiger partial charge on any atom is 0.339 e. The van der Waals surface area contributed by atoms with Crippen molar-refractivity contribution in [2.45, 2.75) is 25.3 Å². The molecule has 0 saturated carbocycles. The molecule has 0 spiro atoms. The maximum absolute atomic E-state index is 13.0. The van der Waals surface area contributed by atoms with Crippen molar-refractivity contribution in [1.29, 1.82) is 0 Å². The zero-order chi connectivity index (χ0) is 23.3. The average molecular weight is 476 g/mol. The molecule has 0 aromatic heterocycles. The van der Waals surface area contributed by atoms with E-state index in [1.807, 2.05) is 13.8 Å². The number of hydrogen-bond acceptors (Lipinski definition) is 4. The van der Waals surface area contributed by atoms with Crippen LogP contribution in [0.25, 0.3) is 0 Å². The van der Waals surface area contributed by atoms with Gasteiger partial charge in [-0.3, -0.25) is 4.79 Å². The van der Waals surface area contributed by atoms with Crippen molar-refractivity contribution in [2.24, 2.45) is 5.92 Å². The predicted molar refractivity (Wildman–Crippen MR) is 122 cm³/mol. The SMILES string of the molecule is CC(C)CN(Cc1ccc(OS(=O)(=O)c2ccc(F)cc2)cc1)C(=O)c1ccc(Cl)cc1. The zero-order valence-corrected chi connectivity index (χ0v) is 19.2. The number of carbonyl (C=O) groups excluding carboxylic acids is 1. The first-order valence-corrected chi connectivity index (χ1v) is 11.8. The fourth-order valence-corrected chi connectivity index (χ4v) is 4.14. The van der Waals surface area contributed by atoms with Crippen LogP contribution in [0.2, 0.25) is 5.02 Å². The average Bonchev–Trinajstić information content (AvgIpc) is 2.74. The quantitative estimate of drug-likeness (QED) is 0.401. The lowest BCUT2D eigenvalue weighted by atomic mass is 10.1. The highest BCUT2D eigenvalue weighted by molar-refractivity contribution is 7.87. The Morgan fingerprint density at radius 3 is 2.12 bits per heavy atom. The van der Waals surface area contributed by atoms with Crippen molar-refractivity contribution in [3.8, 4) is 5.75 Å². The lowest BCUT2D eigenvalue weighted by Crippen LogP contribution is -2.33. The third kappa shape index (κ3) is 6.31. The molecular formula is C24H23ClFNO4S. The van der Waals surface area contributed by atoms with Crippen LogP contribution in [0.1, 0.15) is 29.8 Å². The van der Waals surface area contributed by atoms with Gasteiger partial charge in [0.15, 0.2) is 0 Å². The van der Waals surface area contributed by atoms with Gasteiger partial charge in [-0.25, -0.2) is 4.39 Å². The van der Waals surface area contributed by atoms with Gasteiger partial charge >= 0.3 is 10.1 Å². The second kappa shape index (κ2) is 10.1. The van der Waals surface area contributed by atoms with Gasteiger partial charge in [-0.1, -0.05) is 37.6 Å². The van der Waals surface area contributed by atoms with E-state index in [-0.39, 0.29) is 22.5 Å². The summed E-state index contributed by atoms with van der Waals surface area (Å²) in [5.41, 5.74) is 1.36. The van der Waals surface area contributed by atoms with Crippen molar-refractivity contribution in [3.05, 3.63) is 94.8 Å². The Hall–Kier alpha value is -2.90. The molecule has 0 atom stereocenters. The minimum Gasteiger partial charge on any atom is -0.379 e. The molecule has 3 aromatic carbocycles. The standard InChI is InChI=1S/C24H23ClFNO4S/c1-17(2)15-27(24(28)19-5-7-20(25)8-6-19)16-18-3-11-22(12-4-18)31-32(29,30)23-13-9-21(26)10-14-23/h3-14,17H,15-16H2,1-2H3. The molecule has 32 heavy (non-hydrogen) atoms. The smallest absolute Gasteiger partial charge is 0.339 e. The van der Waals surface area contributed by atoms with E-state index in [2.05, 4.69) is 0 Å². The third-order valence-electron chi connectivity index (χ3n) is 4.57. The summed E-state index contributed by atoms with van der Waals surface area (Å²) in [5, 5.41) is 0.558. The first-order valence-electron chi connectivity index (χ1n) is 9.98. The number of hydrogen-bond donors (Lipinski definition) is 0. The Labute approximate surface area is 192 Å². The molecule has 0 unspecified atom stereocenters. The summed E-state index contributed by atoms with van der Waals surface area (Å²) in [4.78, 5) is 14.6. The van der Waals surface area contributed by atoms with Crippen LogP contribution in [0.5, 0.6) is 5.75 Å². The third-order valence-corrected chi connectivity index (χ3v) is 6.08. The lowest BCUT2D eigenvalue weighted by Gasteiger charge is -2.25. The van der Waals surface area contributed by atoms with Crippen LogP contribution in [0.3, 0.4) is 0 Å². The van der Waals surface area contributed by atoms with Crippen LogP contribution in [0, 0.1) is 11.7 Å². The van der Waals surface area contributed by atoms with Gasteiger partial charge in [-0.05, 0) is 72.1 Å². The Bertz CT molecular complexity index is 1160. The Balaban J connectivity index is 1.73. The summed E-state index contributed by atoms with van der Waals surface area (Å²) < 4.78 is 42.9. The summed E-state index contributed by atoms with van der Waals surface area (Å²) in [6, 6.07) is 17.6. The molecular weight excluding hydrogens is 453 g/mol. The molecule has 0 bridgehead atoms. The van der Waals surface area contributed by atoms with Crippen LogP contribution >= 0.6 is 11.6 Å². The number of carbonyl (C=O) groups is 1.